The van der Waals surface area contributed by atoms with Crippen molar-refractivity contribution in [2.75, 3.05) is 11.9 Å². The second kappa shape index (κ2) is 5.56. The summed E-state index contributed by atoms with van der Waals surface area (Å²) in [4.78, 5) is 4.22. The van der Waals surface area contributed by atoms with E-state index in [-0.39, 0.29) is 5.82 Å². The van der Waals surface area contributed by atoms with Crippen LogP contribution in [0.4, 0.5) is 10.1 Å². The summed E-state index contributed by atoms with van der Waals surface area (Å²) < 4.78 is 13.9. The van der Waals surface area contributed by atoms with Gasteiger partial charge in [0, 0.05) is 12.2 Å². The average molecular weight is 288 g/mol. The van der Waals surface area contributed by atoms with Gasteiger partial charge in [-0.2, -0.15) is 0 Å². The number of anilines is 1. The van der Waals surface area contributed by atoms with Crippen molar-refractivity contribution in [3.63, 3.8) is 0 Å². The quantitative estimate of drug-likeness (QED) is 0.771. The van der Waals surface area contributed by atoms with Gasteiger partial charge in [-0.25, -0.2) is 9.37 Å². The maximum atomic E-state index is 12.8. The predicted molar refractivity (Wildman–Crippen MR) is 79.5 cm³/mol. The van der Waals surface area contributed by atoms with Gasteiger partial charge in [0.05, 0.1) is 21.8 Å². The zero-order chi connectivity index (χ0) is 13.9. The first kappa shape index (κ1) is 13.0. The van der Waals surface area contributed by atoms with Gasteiger partial charge >= 0.3 is 0 Å². The number of benzene rings is 2. The van der Waals surface area contributed by atoms with E-state index in [0.717, 1.165) is 15.9 Å². The van der Waals surface area contributed by atoms with E-state index in [1.165, 1.54) is 12.1 Å². The second-order valence-corrected chi connectivity index (χ2v) is 5.37. The summed E-state index contributed by atoms with van der Waals surface area (Å²) in [6.45, 7) is 0.371. The van der Waals surface area contributed by atoms with Gasteiger partial charge in [-0.15, -0.1) is 11.3 Å². The Bertz CT molecular complexity index is 711. The molecule has 2 aromatic carbocycles. The molecule has 3 aromatic rings. The Morgan fingerprint density at radius 1 is 1.20 bits per heavy atom. The molecule has 20 heavy (non-hydrogen) atoms. The summed E-state index contributed by atoms with van der Waals surface area (Å²) in [6, 6.07) is 11.8. The van der Waals surface area contributed by atoms with E-state index in [1.54, 1.807) is 23.5 Å². The molecule has 0 spiro atoms. The molecule has 0 radical (unpaired) electrons. The SMILES string of the molecule is OC(CNc1ccc2ncsc2c1)c1ccc(F)cc1. The van der Waals surface area contributed by atoms with Crippen LogP contribution < -0.4 is 5.32 Å². The van der Waals surface area contributed by atoms with E-state index in [9.17, 15) is 9.50 Å². The van der Waals surface area contributed by atoms with Crippen LogP contribution in [0.15, 0.2) is 48.0 Å². The number of fused-ring (bicyclic) bond motifs is 1. The molecule has 0 amide bonds. The first-order valence-corrected chi connectivity index (χ1v) is 7.11. The summed E-state index contributed by atoms with van der Waals surface area (Å²) in [6.07, 6.45) is -0.673. The second-order valence-electron chi connectivity index (χ2n) is 4.48. The maximum absolute atomic E-state index is 12.8. The fraction of sp³-hybridized carbons (Fsp3) is 0.133. The van der Waals surface area contributed by atoms with Crippen LogP contribution in [0.1, 0.15) is 11.7 Å². The lowest BCUT2D eigenvalue weighted by Crippen LogP contribution is -2.12. The van der Waals surface area contributed by atoms with Crippen LogP contribution in [0.3, 0.4) is 0 Å². The zero-order valence-electron chi connectivity index (χ0n) is 10.6. The maximum Gasteiger partial charge on any atom is 0.123 e. The minimum Gasteiger partial charge on any atom is -0.387 e. The summed E-state index contributed by atoms with van der Waals surface area (Å²) in [5.41, 5.74) is 4.40. The van der Waals surface area contributed by atoms with Gasteiger partial charge in [-0.3, -0.25) is 0 Å². The lowest BCUT2D eigenvalue weighted by Gasteiger charge is -2.13. The van der Waals surface area contributed by atoms with Gasteiger partial charge in [0.25, 0.3) is 0 Å². The molecule has 0 fully saturated rings. The van der Waals surface area contributed by atoms with Crippen molar-refractivity contribution in [1.29, 1.82) is 0 Å². The highest BCUT2D eigenvalue weighted by Gasteiger charge is 2.07. The molecule has 3 nitrogen and oxygen atoms in total. The van der Waals surface area contributed by atoms with Crippen molar-refractivity contribution in [2.45, 2.75) is 6.10 Å². The van der Waals surface area contributed by atoms with Gasteiger partial charge < -0.3 is 10.4 Å². The van der Waals surface area contributed by atoms with Crippen molar-refractivity contribution in [2.24, 2.45) is 0 Å². The summed E-state index contributed by atoms with van der Waals surface area (Å²) in [7, 11) is 0. The lowest BCUT2D eigenvalue weighted by molar-refractivity contribution is 0.191. The monoisotopic (exact) mass is 288 g/mol. The van der Waals surface area contributed by atoms with Crippen LogP contribution in [0.2, 0.25) is 0 Å². The normalized spacial score (nSPS) is 12.5. The molecule has 0 bridgehead atoms. The number of rotatable bonds is 4. The van der Waals surface area contributed by atoms with E-state index in [1.807, 2.05) is 23.7 Å². The number of nitrogens with zero attached hydrogens (tertiary/aromatic N) is 1. The number of hydrogen-bond acceptors (Lipinski definition) is 4. The Kier molecular flexibility index (Phi) is 3.62. The van der Waals surface area contributed by atoms with Gasteiger partial charge in [0.15, 0.2) is 0 Å². The van der Waals surface area contributed by atoms with Gasteiger partial charge in [0.2, 0.25) is 0 Å². The van der Waals surface area contributed by atoms with E-state index in [4.69, 9.17) is 0 Å². The molecular formula is C15H13FN2OS. The molecule has 0 aliphatic rings. The molecule has 0 aliphatic heterocycles. The first-order valence-electron chi connectivity index (χ1n) is 6.23. The third-order valence-corrected chi connectivity index (χ3v) is 3.88. The third-order valence-electron chi connectivity index (χ3n) is 3.09. The molecule has 5 heteroatoms. The van der Waals surface area contributed by atoms with Gasteiger partial charge in [0.1, 0.15) is 5.82 Å². The summed E-state index contributed by atoms with van der Waals surface area (Å²) in [5.74, 6) is -0.301. The molecule has 0 aliphatic carbocycles. The number of aliphatic hydroxyl groups is 1. The van der Waals surface area contributed by atoms with Gasteiger partial charge in [-0.05, 0) is 35.9 Å². The van der Waals surface area contributed by atoms with Crippen LogP contribution in [0.5, 0.6) is 0 Å². The number of aliphatic hydroxyl groups excluding tert-OH is 1. The highest BCUT2D eigenvalue weighted by molar-refractivity contribution is 7.16. The molecule has 2 N–H and O–H groups in total. The van der Waals surface area contributed by atoms with Crippen LogP contribution in [0.25, 0.3) is 10.2 Å². The molecule has 1 atom stereocenters. The molecule has 1 heterocycles. The van der Waals surface area contributed by atoms with Crippen LogP contribution in [-0.4, -0.2) is 16.6 Å². The lowest BCUT2D eigenvalue weighted by atomic mass is 10.1. The van der Waals surface area contributed by atoms with Gasteiger partial charge in [-0.1, -0.05) is 12.1 Å². The Morgan fingerprint density at radius 3 is 2.80 bits per heavy atom. The molecule has 3 rings (SSSR count). The van der Waals surface area contributed by atoms with Crippen molar-refractivity contribution in [3.8, 4) is 0 Å². The van der Waals surface area contributed by atoms with Crippen LogP contribution in [0, 0.1) is 5.82 Å². The standard InChI is InChI=1S/C15H13FN2OS/c16-11-3-1-10(2-4-11)14(19)8-17-12-5-6-13-15(7-12)20-9-18-13/h1-7,9,14,17,19H,8H2. The predicted octanol–water partition coefficient (Wildman–Crippen LogP) is 3.58. The first-order chi connectivity index (χ1) is 9.72. The Hall–Kier alpha value is -1.98. The molecule has 1 aromatic heterocycles. The Balaban J connectivity index is 1.67. The molecule has 102 valence electrons. The number of aromatic nitrogens is 1. The Morgan fingerprint density at radius 2 is 2.00 bits per heavy atom. The molecule has 0 saturated heterocycles. The van der Waals surface area contributed by atoms with Crippen molar-refractivity contribution in [3.05, 3.63) is 59.4 Å². The van der Waals surface area contributed by atoms with Crippen molar-refractivity contribution in [1.82, 2.24) is 4.98 Å². The van der Waals surface area contributed by atoms with Crippen molar-refractivity contribution >= 4 is 27.2 Å². The van der Waals surface area contributed by atoms with Crippen molar-refractivity contribution < 1.29 is 9.50 Å². The number of hydrogen-bond donors (Lipinski definition) is 2. The van der Waals surface area contributed by atoms with Crippen LogP contribution in [-0.2, 0) is 0 Å². The minimum absolute atomic E-state index is 0.301. The zero-order valence-corrected chi connectivity index (χ0v) is 11.4. The number of halogens is 1. The number of thiazole rings is 1. The topological polar surface area (TPSA) is 45.1 Å². The summed E-state index contributed by atoms with van der Waals surface area (Å²) >= 11 is 1.58. The van der Waals surface area contributed by atoms with E-state index in [0.29, 0.717) is 12.1 Å². The molecular weight excluding hydrogens is 275 g/mol. The average Bonchev–Trinajstić information content (AvgIpc) is 2.93. The largest absolute Gasteiger partial charge is 0.387 e. The highest BCUT2D eigenvalue weighted by Crippen LogP contribution is 2.22. The Labute approximate surface area is 119 Å². The third kappa shape index (κ3) is 2.79. The number of nitrogens with one attached hydrogen (secondary N) is 1. The molecule has 1 unspecified atom stereocenters. The van der Waals surface area contributed by atoms with E-state index < -0.39 is 6.10 Å². The van der Waals surface area contributed by atoms with E-state index in [2.05, 4.69) is 10.3 Å². The fourth-order valence-corrected chi connectivity index (χ4v) is 2.70. The van der Waals surface area contributed by atoms with Crippen LogP contribution >= 0.6 is 11.3 Å². The minimum atomic E-state index is -0.673. The van der Waals surface area contributed by atoms with E-state index >= 15 is 0 Å². The summed E-state index contributed by atoms with van der Waals surface area (Å²) in [5, 5.41) is 13.2. The highest BCUT2D eigenvalue weighted by atomic mass is 32.1. The fourth-order valence-electron chi connectivity index (χ4n) is 1.98. The molecule has 0 saturated carbocycles. The smallest absolute Gasteiger partial charge is 0.123 e.